The van der Waals surface area contributed by atoms with E-state index in [1.807, 2.05) is 0 Å². The lowest BCUT2D eigenvalue weighted by atomic mass is 10.0. The van der Waals surface area contributed by atoms with Gasteiger partial charge in [0.15, 0.2) is 6.10 Å². The van der Waals surface area contributed by atoms with Gasteiger partial charge in [0.1, 0.15) is 13.2 Å². The Morgan fingerprint density at radius 3 is 0.795 bits per heavy atom. The summed E-state index contributed by atoms with van der Waals surface area (Å²) in [5.74, 6) is -0.870. The van der Waals surface area contributed by atoms with Gasteiger partial charge in [-0.1, -0.05) is 305 Å². The molecule has 78 heavy (non-hydrogen) atoms. The van der Waals surface area contributed by atoms with Gasteiger partial charge in [-0.05, 0) is 96.3 Å². The van der Waals surface area contributed by atoms with E-state index in [2.05, 4.69) is 106 Å². The fourth-order valence-corrected chi connectivity index (χ4v) is 9.62. The molecule has 0 amide bonds. The molecule has 0 aliphatic carbocycles. The molecule has 0 aromatic carbocycles. The summed E-state index contributed by atoms with van der Waals surface area (Å²) in [7, 11) is 0. The van der Waals surface area contributed by atoms with Gasteiger partial charge in [0, 0.05) is 19.3 Å². The lowest BCUT2D eigenvalue weighted by Gasteiger charge is -2.18. The summed E-state index contributed by atoms with van der Waals surface area (Å²) >= 11 is 0. The number of hydrogen-bond donors (Lipinski definition) is 0. The molecule has 0 bridgehead atoms. The fraction of sp³-hybridized carbons (Fsp3) is 0.764. The van der Waals surface area contributed by atoms with Crippen LogP contribution in [0.2, 0.25) is 0 Å². The largest absolute Gasteiger partial charge is 0.462 e. The Morgan fingerprint density at radius 1 is 0.269 bits per heavy atom. The predicted octanol–water partition coefficient (Wildman–Crippen LogP) is 23.1. The second kappa shape index (κ2) is 66.1. The van der Waals surface area contributed by atoms with Gasteiger partial charge in [-0.15, -0.1) is 0 Å². The van der Waals surface area contributed by atoms with Crippen LogP contribution >= 0.6 is 0 Å². The van der Waals surface area contributed by atoms with Gasteiger partial charge in [0.2, 0.25) is 0 Å². The minimum atomic E-state index is -0.779. The topological polar surface area (TPSA) is 78.9 Å². The fourth-order valence-electron chi connectivity index (χ4n) is 9.62. The molecule has 0 aromatic rings. The number of carbonyl (C=O) groups excluding carboxylic acids is 3. The number of unbranched alkanes of at least 4 members (excludes halogenated alkanes) is 36. The molecule has 6 heteroatoms. The van der Waals surface area contributed by atoms with E-state index in [0.717, 1.165) is 103 Å². The summed E-state index contributed by atoms with van der Waals surface area (Å²) in [5.41, 5.74) is 0. The Bertz CT molecular complexity index is 1480. The van der Waals surface area contributed by atoms with Crippen LogP contribution in [-0.2, 0) is 28.6 Å². The Balaban J connectivity index is 4.23. The van der Waals surface area contributed by atoms with Gasteiger partial charge in [-0.25, -0.2) is 0 Å². The molecule has 0 aliphatic heterocycles. The molecular weight excluding hydrogens is 961 g/mol. The molecule has 0 rings (SSSR count). The highest BCUT2D eigenvalue weighted by Crippen LogP contribution is 2.17. The molecule has 0 aromatic heterocycles. The van der Waals surface area contributed by atoms with Crippen LogP contribution in [0.5, 0.6) is 0 Å². The average molecular weight is 1090 g/mol. The van der Waals surface area contributed by atoms with Gasteiger partial charge in [0.25, 0.3) is 0 Å². The molecule has 0 saturated carbocycles. The Labute approximate surface area is 484 Å². The van der Waals surface area contributed by atoms with Crippen molar-refractivity contribution in [2.24, 2.45) is 0 Å². The van der Waals surface area contributed by atoms with Crippen molar-refractivity contribution in [2.45, 2.75) is 341 Å². The van der Waals surface area contributed by atoms with Gasteiger partial charge in [-0.3, -0.25) is 14.4 Å². The van der Waals surface area contributed by atoms with Crippen molar-refractivity contribution in [3.05, 3.63) is 85.1 Å². The van der Waals surface area contributed by atoms with Crippen molar-refractivity contribution in [1.29, 1.82) is 0 Å². The minimum Gasteiger partial charge on any atom is -0.462 e. The van der Waals surface area contributed by atoms with Crippen LogP contribution in [0.15, 0.2) is 85.1 Å². The number of hydrogen-bond acceptors (Lipinski definition) is 6. The van der Waals surface area contributed by atoms with Crippen LogP contribution in [0.1, 0.15) is 335 Å². The molecule has 450 valence electrons. The van der Waals surface area contributed by atoms with E-state index in [1.165, 1.54) is 193 Å². The molecule has 1 atom stereocenters. The molecule has 0 heterocycles. The van der Waals surface area contributed by atoms with E-state index in [1.54, 1.807) is 0 Å². The molecule has 0 saturated heterocycles. The highest BCUT2D eigenvalue weighted by molar-refractivity contribution is 5.71. The lowest BCUT2D eigenvalue weighted by molar-refractivity contribution is -0.167. The summed E-state index contributed by atoms with van der Waals surface area (Å²) in [6.45, 7) is 6.55. The number of ether oxygens (including phenoxy) is 3. The Hall–Kier alpha value is -3.41. The van der Waals surface area contributed by atoms with E-state index in [-0.39, 0.29) is 31.1 Å². The first kappa shape index (κ1) is 74.6. The minimum absolute atomic E-state index is 0.0755. The normalized spacial score (nSPS) is 12.6. The van der Waals surface area contributed by atoms with Crippen LogP contribution in [-0.4, -0.2) is 37.2 Å². The highest BCUT2D eigenvalue weighted by Gasteiger charge is 2.19. The van der Waals surface area contributed by atoms with E-state index in [4.69, 9.17) is 14.2 Å². The predicted molar refractivity (Wildman–Crippen MR) is 339 cm³/mol. The third kappa shape index (κ3) is 63.4. The van der Waals surface area contributed by atoms with Crippen molar-refractivity contribution in [2.75, 3.05) is 13.2 Å². The van der Waals surface area contributed by atoms with Crippen molar-refractivity contribution in [3.63, 3.8) is 0 Å². The van der Waals surface area contributed by atoms with Crippen molar-refractivity contribution in [3.8, 4) is 0 Å². The van der Waals surface area contributed by atoms with Crippen molar-refractivity contribution < 1.29 is 28.6 Å². The highest BCUT2D eigenvalue weighted by atomic mass is 16.6. The van der Waals surface area contributed by atoms with Crippen molar-refractivity contribution >= 4 is 17.9 Å². The Kier molecular flexibility index (Phi) is 63.2. The van der Waals surface area contributed by atoms with Crippen LogP contribution in [0.25, 0.3) is 0 Å². The number of carbonyl (C=O) groups is 3. The first-order valence-corrected chi connectivity index (χ1v) is 33.6. The second-order valence-corrected chi connectivity index (χ2v) is 22.4. The van der Waals surface area contributed by atoms with Crippen LogP contribution in [0, 0.1) is 0 Å². The first-order valence-electron chi connectivity index (χ1n) is 33.6. The standard InChI is InChI=1S/C72H126O6/c1-4-7-10-13-16-19-22-25-28-29-30-31-32-33-34-35-36-37-38-39-40-41-42-43-45-47-50-53-56-59-62-65-71(74)77-68-69(67-76-70(73)64-61-58-55-52-49-46-27-24-21-18-15-12-9-6-3)78-72(75)66-63-60-57-54-51-48-44-26-23-20-17-14-11-8-5-2/h7,10,16,19,25-26,28,30-31,33-34,36-37,44,69H,4-6,8-9,11-15,17-18,20-24,27,29,32,35,38-43,45-68H2,1-3H3/b10-7-,19-16-,28-25-,31-30-,34-33-,37-36-,44-26-. The summed E-state index contributed by atoms with van der Waals surface area (Å²) in [6.07, 6.45) is 87.4. The lowest BCUT2D eigenvalue weighted by Crippen LogP contribution is -2.30. The third-order valence-electron chi connectivity index (χ3n) is 14.6. The molecule has 1 unspecified atom stereocenters. The maximum absolute atomic E-state index is 12.9. The van der Waals surface area contributed by atoms with E-state index >= 15 is 0 Å². The number of allylic oxidation sites excluding steroid dienone is 14. The van der Waals surface area contributed by atoms with E-state index in [0.29, 0.717) is 19.3 Å². The molecule has 0 N–H and O–H groups in total. The average Bonchev–Trinajstić information content (AvgIpc) is 3.44. The first-order chi connectivity index (χ1) is 38.5. The summed E-state index contributed by atoms with van der Waals surface area (Å²) < 4.78 is 16.9. The Morgan fingerprint density at radius 2 is 0.500 bits per heavy atom. The zero-order chi connectivity index (χ0) is 56.4. The van der Waals surface area contributed by atoms with Gasteiger partial charge in [-0.2, -0.15) is 0 Å². The number of esters is 3. The zero-order valence-electron chi connectivity index (χ0n) is 51.7. The molecule has 0 fully saturated rings. The second-order valence-electron chi connectivity index (χ2n) is 22.4. The smallest absolute Gasteiger partial charge is 0.306 e. The SMILES string of the molecule is CC/C=C\C/C=C\C/C=C\C/C=C\C/C=C\C/C=C\CCCCCCCCCCCCCCC(=O)OCC(COC(=O)CCCCCCCCCCCCCCCC)OC(=O)CCCCCCC/C=C\CCCCCCCC. The van der Waals surface area contributed by atoms with Gasteiger partial charge in [0.05, 0.1) is 0 Å². The van der Waals surface area contributed by atoms with Crippen LogP contribution < -0.4 is 0 Å². The van der Waals surface area contributed by atoms with Gasteiger partial charge >= 0.3 is 17.9 Å². The van der Waals surface area contributed by atoms with Crippen LogP contribution in [0.4, 0.5) is 0 Å². The summed E-state index contributed by atoms with van der Waals surface area (Å²) in [5, 5.41) is 0. The number of rotatable bonds is 61. The molecule has 0 spiro atoms. The van der Waals surface area contributed by atoms with Crippen molar-refractivity contribution in [1.82, 2.24) is 0 Å². The molecule has 0 radical (unpaired) electrons. The summed E-state index contributed by atoms with van der Waals surface area (Å²) in [6, 6.07) is 0. The van der Waals surface area contributed by atoms with E-state index in [9.17, 15) is 14.4 Å². The monoisotopic (exact) mass is 1090 g/mol. The van der Waals surface area contributed by atoms with Gasteiger partial charge < -0.3 is 14.2 Å². The maximum atomic E-state index is 12.9. The summed E-state index contributed by atoms with van der Waals surface area (Å²) in [4.78, 5) is 38.3. The molecule has 6 nitrogen and oxygen atoms in total. The van der Waals surface area contributed by atoms with Crippen LogP contribution in [0.3, 0.4) is 0 Å². The molecular formula is C72H126O6. The van der Waals surface area contributed by atoms with E-state index < -0.39 is 6.10 Å². The molecule has 0 aliphatic rings. The zero-order valence-corrected chi connectivity index (χ0v) is 51.7. The third-order valence-corrected chi connectivity index (χ3v) is 14.6. The maximum Gasteiger partial charge on any atom is 0.306 e. The quantitative estimate of drug-likeness (QED) is 0.0261.